The molecule has 1 atom stereocenters. The zero-order valence-corrected chi connectivity index (χ0v) is 17.8. The topological polar surface area (TPSA) is 44.8 Å². The van der Waals surface area contributed by atoms with Crippen LogP contribution in [-0.2, 0) is 4.74 Å². The van der Waals surface area contributed by atoms with Gasteiger partial charge < -0.3 is 14.2 Å². The monoisotopic (exact) mass is 404 g/mol. The van der Waals surface area contributed by atoms with E-state index in [0.717, 1.165) is 28.9 Å². The third kappa shape index (κ3) is 5.49. The molecule has 0 saturated carbocycles. The minimum absolute atomic E-state index is 0.0357. The van der Waals surface area contributed by atoms with Crippen molar-refractivity contribution in [1.82, 2.24) is 0 Å². The van der Waals surface area contributed by atoms with E-state index in [-0.39, 0.29) is 12.1 Å². The molecule has 0 aliphatic heterocycles. The van der Waals surface area contributed by atoms with Crippen LogP contribution in [0.2, 0.25) is 0 Å². The average Bonchev–Trinajstić information content (AvgIpc) is 2.79. The van der Waals surface area contributed by atoms with Gasteiger partial charge in [0.15, 0.2) is 0 Å². The quantitative estimate of drug-likeness (QED) is 0.303. The summed E-state index contributed by atoms with van der Waals surface area (Å²) in [6.45, 7) is 7.40. The molecule has 4 heteroatoms. The molecule has 3 aromatic rings. The summed E-state index contributed by atoms with van der Waals surface area (Å²) in [5.41, 5.74) is 3.42. The summed E-state index contributed by atoms with van der Waals surface area (Å²) in [5.74, 6) is 0.859. The van der Waals surface area contributed by atoms with Crippen molar-refractivity contribution < 1.29 is 19.0 Å². The molecular weight excluding hydrogens is 376 g/mol. The molecule has 4 nitrogen and oxygen atoms in total. The molecule has 0 radical (unpaired) electrons. The number of hydrogen-bond acceptors (Lipinski definition) is 4. The molecule has 3 rings (SSSR count). The van der Waals surface area contributed by atoms with Crippen LogP contribution in [0.3, 0.4) is 0 Å². The molecule has 3 aromatic carbocycles. The summed E-state index contributed by atoms with van der Waals surface area (Å²) < 4.78 is 16.8. The minimum atomic E-state index is -0.389. The van der Waals surface area contributed by atoms with Crippen molar-refractivity contribution in [3.05, 3.63) is 83.9 Å². The van der Waals surface area contributed by atoms with Crippen LogP contribution < -0.4 is 9.47 Å². The van der Waals surface area contributed by atoms with Gasteiger partial charge in [0.1, 0.15) is 11.5 Å². The normalized spacial score (nSPS) is 11.7. The molecule has 0 N–H and O–H groups in total. The van der Waals surface area contributed by atoms with E-state index in [2.05, 4.69) is 6.92 Å². The van der Waals surface area contributed by atoms with Crippen molar-refractivity contribution in [2.75, 3.05) is 13.2 Å². The standard InChI is InChI=1S/C26H28O4/c1-4-18-29-22-14-16-23(17-15-22)30-26(27)25-9-7-6-8-24(25)21-12-10-20(11-13-21)19(3)28-5-2/h6-17,19H,4-5,18H2,1-3H3. The van der Waals surface area contributed by atoms with Crippen LogP contribution >= 0.6 is 0 Å². The van der Waals surface area contributed by atoms with Crippen molar-refractivity contribution in [2.24, 2.45) is 0 Å². The number of esters is 1. The highest BCUT2D eigenvalue weighted by molar-refractivity contribution is 5.98. The number of hydrogen-bond donors (Lipinski definition) is 0. The Kier molecular flexibility index (Phi) is 7.63. The second kappa shape index (κ2) is 10.6. The largest absolute Gasteiger partial charge is 0.494 e. The number of carbonyl (C=O) groups is 1. The van der Waals surface area contributed by atoms with Gasteiger partial charge in [0.25, 0.3) is 0 Å². The highest BCUT2D eigenvalue weighted by Crippen LogP contribution is 2.27. The summed E-state index contributed by atoms with van der Waals surface area (Å²) in [5, 5.41) is 0. The van der Waals surface area contributed by atoms with Gasteiger partial charge in [-0.2, -0.15) is 0 Å². The van der Waals surface area contributed by atoms with Crippen LogP contribution in [0.1, 0.15) is 49.2 Å². The molecule has 0 aliphatic rings. The first-order chi connectivity index (χ1) is 14.6. The highest BCUT2D eigenvalue weighted by Gasteiger charge is 2.15. The number of rotatable bonds is 9. The number of benzene rings is 3. The Morgan fingerprint density at radius 1 is 0.867 bits per heavy atom. The maximum atomic E-state index is 12.9. The van der Waals surface area contributed by atoms with Gasteiger partial charge in [0, 0.05) is 6.61 Å². The minimum Gasteiger partial charge on any atom is -0.494 e. The fraction of sp³-hybridized carbons (Fsp3) is 0.269. The number of carbonyl (C=O) groups excluding carboxylic acids is 1. The maximum absolute atomic E-state index is 12.9. The smallest absolute Gasteiger partial charge is 0.344 e. The molecule has 156 valence electrons. The van der Waals surface area contributed by atoms with E-state index in [1.165, 1.54) is 0 Å². The van der Waals surface area contributed by atoms with Crippen LogP contribution in [0, 0.1) is 0 Å². The SMILES string of the molecule is CCCOc1ccc(OC(=O)c2ccccc2-c2ccc(C(C)OCC)cc2)cc1. The molecule has 1 unspecified atom stereocenters. The third-order valence-electron chi connectivity index (χ3n) is 4.76. The van der Waals surface area contributed by atoms with Gasteiger partial charge in [-0.1, -0.05) is 49.4 Å². The van der Waals surface area contributed by atoms with Crippen molar-refractivity contribution in [3.63, 3.8) is 0 Å². The molecule has 0 aliphatic carbocycles. The van der Waals surface area contributed by atoms with Gasteiger partial charge in [-0.05, 0) is 67.3 Å². The summed E-state index contributed by atoms with van der Waals surface area (Å²) in [4.78, 5) is 12.9. The van der Waals surface area contributed by atoms with Gasteiger partial charge >= 0.3 is 5.97 Å². The van der Waals surface area contributed by atoms with Gasteiger partial charge in [-0.3, -0.25) is 0 Å². The molecular formula is C26H28O4. The lowest BCUT2D eigenvalue weighted by Gasteiger charge is -2.14. The Morgan fingerprint density at radius 3 is 2.20 bits per heavy atom. The van der Waals surface area contributed by atoms with Crippen molar-refractivity contribution in [3.8, 4) is 22.6 Å². The molecule has 0 amide bonds. The van der Waals surface area contributed by atoms with Crippen LogP contribution in [-0.4, -0.2) is 19.2 Å². The Labute approximate surface area is 178 Å². The van der Waals surface area contributed by atoms with Crippen molar-refractivity contribution in [1.29, 1.82) is 0 Å². The van der Waals surface area contributed by atoms with Crippen molar-refractivity contribution in [2.45, 2.75) is 33.3 Å². The summed E-state index contributed by atoms with van der Waals surface area (Å²) in [6.07, 6.45) is 0.979. The lowest BCUT2D eigenvalue weighted by molar-refractivity contribution is 0.0734. The van der Waals surface area contributed by atoms with E-state index >= 15 is 0 Å². The van der Waals surface area contributed by atoms with Crippen LogP contribution in [0.25, 0.3) is 11.1 Å². The van der Waals surface area contributed by atoms with Crippen molar-refractivity contribution >= 4 is 5.97 Å². The second-order valence-corrected chi connectivity index (χ2v) is 6.97. The molecule has 0 aromatic heterocycles. The predicted molar refractivity (Wildman–Crippen MR) is 119 cm³/mol. The van der Waals surface area contributed by atoms with Gasteiger partial charge in [-0.15, -0.1) is 0 Å². The Morgan fingerprint density at radius 2 is 1.53 bits per heavy atom. The third-order valence-corrected chi connectivity index (χ3v) is 4.76. The first-order valence-electron chi connectivity index (χ1n) is 10.4. The first kappa shape index (κ1) is 21.6. The van der Waals surface area contributed by atoms with E-state index in [1.54, 1.807) is 18.2 Å². The van der Waals surface area contributed by atoms with Crippen LogP contribution in [0.15, 0.2) is 72.8 Å². The molecule has 0 saturated heterocycles. The van der Waals surface area contributed by atoms with Gasteiger partial charge in [0.2, 0.25) is 0 Å². The van der Waals surface area contributed by atoms with E-state index in [4.69, 9.17) is 14.2 Å². The van der Waals surface area contributed by atoms with E-state index < -0.39 is 0 Å². The lowest BCUT2D eigenvalue weighted by Crippen LogP contribution is -2.10. The molecule has 30 heavy (non-hydrogen) atoms. The first-order valence-corrected chi connectivity index (χ1v) is 10.4. The predicted octanol–water partition coefficient (Wildman–Crippen LogP) is 6.46. The van der Waals surface area contributed by atoms with Gasteiger partial charge in [-0.25, -0.2) is 4.79 Å². The van der Waals surface area contributed by atoms with E-state index in [0.29, 0.717) is 24.5 Å². The van der Waals surface area contributed by atoms with Crippen LogP contribution in [0.5, 0.6) is 11.5 Å². The Balaban J connectivity index is 1.77. The molecule has 0 heterocycles. The van der Waals surface area contributed by atoms with E-state index in [9.17, 15) is 4.79 Å². The second-order valence-electron chi connectivity index (χ2n) is 6.97. The van der Waals surface area contributed by atoms with Crippen LogP contribution in [0.4, 0.5) is 0 Å². The molecule has 0 fully saturated rings. The lowest BCUT2D eigenvalue weighted by atomic mass is 9.98. The Bertz CT molecular complexity index is 946. The molecule has 0 spiro atoms. The molecule has 0 bridgehead atoms. The van der Waals surface area contributed by atoms with E-state index in [1.807, 2.05) is 68.4 Å². The maximum Gasteiger partial charge on any atom is 0.344 e. The fourth-order valence-electron chi connectivity index (χ4n) is 3.18. The zero-order chi connectivity index (χ0) is 21.3. The number of ether oxygens (including phenoxy) is 3. The fourth-order valence-corrected chi connectivity index (χ4v) is 3.18. The highest BCUT2D eigenvalue weighted by atomic mass is 16.5. The average molecular weight is 405 g/mol. The summed E-state index contributed by atoms with van der Waals surface area (Å²) >= 11 is 0. The zero-order valence-electron chi connectivity index (χ0n) is 17.8. The summed E-state index contributed by atoms with van der Waals surface area (Å²) in [6, 6.07) is 22.7. The Hall–Kier alpha value is -3.11. The summed E-state index contributed by atoms with van der Waals surface area (Å²) in [7, 11) is 0. The van der Waals surface area contributed by atoms with Gasteiger partial charge in [0.05, 0.1) is 18.3 Å².